The summed E-state index contributed by atoms with van der Waals surface area (Å²) in [7, 11) is 1.61. The lowest BCUT2D eigenvalue weighted by molar-refractivity contribution is -0.133. The summed E-state index contributed by atoms with van der Waals surface area (Å²) in [5.74, 6) is 0.172. The molecule has 5 nitrogen and oxygen atoms in total. The van der Waals surface area contributed by atoms with E-state index in [9.17, 15) is 9.59 Å². The fourth-order valence-corrected chi connectivity index (χ4v) is 2.34. The zero-order valence-corrected chi connectivity index (χ0v) is 12.2. The topological polar surface area (TPSA) is 49.9 Å². The molecular weight excluding hydrogens is 244 g/mol. The largest absolute Gasteiger partial charge is 0.383 e. The smallest absolute Gasteiger partial charge is 0.224 e. The predicted octanol–water partition coefficient (Wildman–Crippen LogP) is 1.27. The van der Waals surface area contributed by atoms with Crippen molar-refractivity contribution >= 4 is 11.8 Å². The highest BCUT2D eigenvalue weighted by Gasteiger charge is 2.17. The van der Waals surface area contributed by atoms with Crippen molar-refractivity contribution in [1.29, 1.82) is 0 Å². The van der Waals surface area contributed by atoms with E-state index in [1.165, 1.54) is 19.8 Å². The van der Waals surface area contributed by atoms with Crippen LogP contribution in [0.4, 0.5) is 0 Å². The molecule has 0 radical (unpaired) electrons. The molecule has 0 saturated carbocycles. The molecule has 1 rings (SSSR count). The van der Waals surface area contributed by atoms with Crippen molar-refractivity contribution in [2.75, 3.05) is 39.9 Å². The summed E-state index contributed by atoms with van der Waals surface area (Å²) in [6.45, 7) is 4.84. The molecule has 0 spiro atoms. The summed E-state index contributed by atoms with van der Waals surface area (Å²) in [6.07, 6.45) is 5.06. The molecule has 1 fully saturated rings. The minimum atomic E-state index is 0.000663. The van der Waals surface area contributed by atoms with Crippen molar-refractivity contribution in [2.24, 2.45) is 0 Å². The van der Waals surface area contributed by atoms with Crippen LogP contribution in [0.2, 0.25) is 0 Å². The van der Waals surface area contributed by atoms with Crippen molar-refractivity contribution in [3.63, 3.8) is 0 Å². The Balaban J connectivity index is 2.35. The van der Waals surface area contributed by atoms with Gasteiger partial charge in [-0.15, -0.1) is 0 Å². The van der Waals surface area contributed by atoms with Gasteiger partial charge in [0.25, 0.3) is 0 Å². The molecule has 0 bridgehead atoms. The van der Waals surface area contributed by atoms with E-state index in [1.807, 2.05) is 4.90 Å². The monoisotopic (exact) mass is 270 g/mol. The van der Waals surface area contributed by atoms with Crippen LogP contribution in [-0.2, 0) is 14.3 Å². The number of carbonyl (C=O) groups excluding carboxylic acids is 2. The molecule has 0 aliphatic carbocycles. The summed E-state index contributed by atoms with van der Waals surface area (Å²) in [5, 5.41) is 0. The first-order valence-electron chi connectivity index (χ1n) is 7.17. The van der Waals surface area contributed by atoms with Gasteiger partial charge in [-0.3, -0.25) is 9.59 Å². The van der Waals surface area contributed by atoms with E-state index in [2.05, 4.69) is 0 Å². The number of rotatable bonds is 6. The normalized spacial score (nSPS) is 16.0. The Bertz CT molecular complexity index is 286. The highest BCUT2D eigenvalue weighted by atomic mass is 16.5. The zero-order valence-electron chi connectivity index (χ0n) is 12.2. The van der Waals surface area contributed by atoms with E-state index in [-0.39, 0.29) is 11.8 Å². The number of carbonyl (C=O) groups is 2. The number of hydrogen-bond acceptors (Lipinski definition) is 3. The zero-order chi connectivity index (χ0) is 14.1. The quantitative estimate of drug-likeness (QED) is 0.730. The lowest BCUT2D eigenvalue weighted by Gasteiger charge is -2.24. The molecule has 19 heavy (non-hydrogen) atoms. The van der Waals surface area contributed by atoms with Gasteiger partial charge < -0.3 is 14.5 Å². The molecule has 0 unspecified atom stereocenters. The van der Waals surface area contributed by atoms with Crippen molar-refractivity contribution in [2.45, 2.75) is 39.0 Å². The van der Waals surface area contributed by atoms with E-state index >= 15 is 0 Å². The van der Waals surface area contributed by atoms with Crippen molar-refractivity contribution in [3.05, 3.63) is 0 Å². The van der Waals surface area contributed by atoms with Gasteiger partial charge >= 0.3 is 0 Å². The Morgan fingerprint density at radius 3 is 2.26 bits per heavy atom. The van der Waals surface area contributed by atoms with Crippen LogP contribution in [-0.4, -0.2) is 61.5 Å². The number of hydrogen-bond donors (Lipinski definition) is 0. The second-order valence-electron chi connectivity index (χ2n) is 5.04. The van der Waals surface area contributed by atoms with Gasteiger partial charge in [-0.1, -0.05) is 12.8 Å². The minimum Gasteiger partial charge on any atom is -0.383 e. The van der Waals surface area contributed by atoms with E-state index in [0.717, 1.165) is 25.9 Å². The van der Waals surface area contributed by atoms with Gasteiger partial charge in [0.05, 0.1) is 6.61 Å². The second kappa shape index (κ2) is 8.91. The third-order valence-corrected chi connectivity index (χ3v) is 3.57. The standard InChI is InChI=1S/C14H26N2O3/c1-13(17)15(11-12-19-2)10-7-14(18)16-8-5-3-4-6-9-16/h3-12H2,1-2H3. The summed E-state index contributed by atoms with van der Waals surface area (Å²) < 4.78 is 4.97. The van der Waals surface area contributed by atoms with Crippen LogP contribution in [0.15, 0.2) is 0 Å². The Morgan fingerprint density at radius 2 is 1.74 bits per heavy atom. The Morgan fingerprint density at radius 1 is 1.11 bits per heavy atom. The lowest BCUT2D eigenvalue weighted by atomic mass is 10.2. The van der Waals surface area contributed by atoms with Crippen LogP contribution < -0.4 is 0 Å². The van der Waals surface area contributed by atoms with Crippen molar-refractivity contribution in [1.82, 2.24) is 9.80 Å². The highest BCUT2D eigenvalue weighted by molar-refractivity contribution is 5.78. The lowest BCUT2D eigenvalue weighted by Crippen LogP contribution is -2.38. The summed E-state index contributed by atoms with van der Waals surface area (Å²) in [5.41, 5.74) is 0. The maximum absolute atomic E-state index is 12.1. The molecular formula is C14H26N2O3. The maximum atomic E-state index is 12.1. The van der Waals surface area contributed by atoms with Crippen LogP contribution in [0.3, 0.4) is 0 Å². The Hall–Kier alpha value is -1.10. The Labute approximate surface area is 115 Å². The number of methoxy groups -OCH3 is 1. The van der Waals surface area contributed by atoms with Crippen LogP contribution in [0, 0.1) is 0 Å². The van der Waals surface area contributed by atoms with Gasteiger partial charge in [-0.25, -0.2) is 0 Å². The maximum Gasteiger partial charge on any atom is 0.224 e. The van der Waals surface area contributed by atoms with Gasteiger partial charge in [-0.05, 0) is 12.8 Å². The third kappa shape index (κ3) is 6.05. The van der Waals surface area contributed by atoms with Gasteiger partial charge in [0.1, 0.15) is 0 Å². The average Bonchev–Trinajstić information content (AvgIpc) is 2.67. The first-order chi connectivity index (χ1) is 9.15. The molecule has 0 aromatic carbocycles. The summed E-state index contributed by atoms with van der Waals surface area (Å²) in [4.78, 5) is 27.2. The average molecular weight is 270 g/mol. The van der Waals surface area contributed by atoms with E-state index in [4.69, 9.17) is 4.74 Å². The Kier molecular flexibility index (Phi) is 7.48. The first kappa shape index (κ1) is 16.0. The highest BCUT2D eigenvalue weighted by Crippen LogP contribution is 2.10. The van der Waals surface area contributed by atoms with Gasteiger partial charge in [0.2, 0.25) is 11.8 Å². The van der Waals surface area contributed by atoms with Gasteiger partial charge in [-0.2, -0.15) is 0 Å². The fraction of sp³-hybridized carbons (Fsp3) is 0.857. The predicted molar refractivity (Wildman–Crippen MR) is 73.8 cm³/mol. The molecule has 2 amide bonds. The molecule has 110 valence electrons. The SMILES string of the molecule is COCCN(CCC(=O)N1CCCCCC1)C(C)=O. The second-order valence-corrected chi connectivity index (χ2v) is 5.04. The van der Waals surface area contributed by atoms with Gasteiger partial charge in [0, 0.05) is 46.6 Å². The molecule has 1 heterocycles. The van der Waals surface area contributed by atoms with Crippen molar-refractivity contribution in [3.8, 4) is 0 Å². The molecule has 0 N–H and O–H groups in total. The first-order valence-corrected chi connectivity index (χ1v) is 7.17. The molecule has 1 aliphatic rings. The minimum absolute atomic E-state index is 0.000663. The summed E-state index contributed by atoms with van der Waals surface area (Å²) in [6, 6.07) is 0. The van der Waals surface area contributed by atoms with Crippen LogP contribution in [0.25, 0.3) is 0 Å². The molecule has 1 saturated heterocycles. The summed E-state index contributed by atoms with van der Waals surface area (Å²) >= 11 is 0. The molecule has 0 aromatic rings. The van der Waals surface area contributed by atoms with Crippen LogP contribution >= 0.6 is 0 Å². The number of amides is 2. The van der Waals surface area contributed by atoms with Crippen LogP contribution in [0.5, 0.6) is 0 Å². The van der Waals surface area contributed by atoms with E-state index < -0.39 is 0 Å². The van der Waals surface area contributed by atoms with E-state index in [1.54, 1.807) is 12.0 Å². The molecule has 0 atom stereocenters. The van der Waals surface area contributed by atoms with E-state index in [0.29, 0.717) is 26.1 Å². The van der Waals surface area contributed by atoms with Gasteiger partial charge in [0.15, 0.2) is 0 Å². The van der Waals surface area contributed by atoms with Crippen LogP contribution in [0.1, 0.15) is 39.0 Å². The molecule has 1 aliphatic heterocycles. The fourth-order valence-electron chi connectivity index (χ4n) is 2.34. The number of likely N-dealkylation sites (tertiary alicyclic amines) is 1. The number of ether oxygens (including phenoxy) is 1. The number of nitrogens with zero attached hydrogens (tertiary/aromatic N) is 2. The van der Waals surface area contributed by atoms with Crippen molar-refractivity contribution < 1.29 is 14.3 Å². The molecule has 0 aromatic heterocycles. The molecule has 5 heteroatoms. The third-order valence-electron chi connectivity index (χ3n) is 3.57.